The zero-order valence-corrected chi connectivity index (χ0v) is 26.1. The van der Waals surface area contributed by atoms with Crippen LogP contribution in [0.5, 0.6) is 0 Å². The second kappa shape index (κ2) is 13.4. The number of carboxylic acids is 1. The summed E-state index contributed by atoms with van der Waals surface area (Å²) >= 11 is 7.78. The van der Waals surface area contributed by atoms with Crippen LogP contribution in [-0.4, -0.2) is 60.9 Å². The number of thiophene rings is 1. The van der Waals surface area contributed by atoms with E-state index in [9.17, 15) is 35.9 Å². The maximum atomic E-state index is 15.7. The number of hydrogen-bond donors (Lipinski definition) is 2. The first-order valence-electron chi connectivity index (χ1n) is 14.2. The molecule has 5 aromatic rings. The standard InChI is InChI=1S/C28H24ClF4N5O2S.C2HF3O2/c29-18-11-17-2-9-36(15-27(30)4-7-34-8-5-27)24(17)21(12-18)20-1-6-35-22-13-19(41-25(20)22)14-38-23(39)3-10-37(26(38)40)16-28(31,32)33;3-2(4,5)1(6)7/h1-3,6,9-13,34H,4-5,7-8,14-16H2;(H,6,7). The van der Waals surface area contributed by atoms with E-state index >= 15 is 4.39 Å². The summed E-state index contributed by atoms with van der Waals surface area (Å²) < 4.78 is 90.2. The highest BCUT2D eigenvalue weighted by atomic mass is 35.5. The Labute approximate surface area is 274 Å². The molecule has 48 heavy (non-hydrogen) atoms. The first kappa shape index (κ1) is 35.1. The minimum absolute atomic E-state index is 0.192. The number of nitrogens with one attached hydrogen (secondary N) is 1. The number of rotatable bonds is 6. The van der Waals surface area contributed by atoms with Gasteiger partial charge in [0.05, 0.1) is 28.8 Å². The maximum absolute atomic E-state index is 15.7. The summed E-state index contributed by atoms with van der Waals surface area (Å²) in [5.41, 5.74) is -0.124. The number of piperidine rings is 1. The smallest absolute Gasteiger partial charge is 0.475 e. The maximum Gasteiger partial charge on any atom is 0.490 e. The molecule has 0 aliphatic carbocycles. The lowest BCUT2D eigenvalue weighted by Gasteiger charge is -2.31. The molecule has 0 unspecified atom stereocenters. The molecule has 1 saturated heterocycles. The van der Waals surface area contributed by atoms with E-state index in [1.54, 1.807) is 12.3 Å². The van der Waals surface area contributed by atoms with Crippen molar-refractivity contribution in [1.29, 1.82) is 0 Å². The van der Waals surface area contributed by atoms with E-state index in [0.29, 0.717) is 45.9 Å². The van der Waals surface area contributed by atoms with E-state index < -0.39 is 41.8 Å². The highest BCUT2D eigenvalue weighted by Gasteiger charge is 2.38. The predicted octanol–water partition coefficient (Wildman–Crippen LogP) is 6.23. The number of nitrogens with zero attached hydrogens (tertiary/aromatic N) is 4. The lowest BCUT2D eigenvalue weighted by atomic mass is 9.94. The Morgan fingerprint density at radius 1 is 1.00 bits per heavy atom. The molecule has 0 bridgehead atoms. The molecule has 1 aliphatic heterocycles. The molecule has 1 aromatic carbocycles. The third-order valence-electron chi connectivity index (χ3n) is 7.58. The first-order chi connectivity index (χ1) is 22.4. The van der Waals surface area contributed by atoms with E-state index in [2.05, 4.69) is 10.3 Å². The van der Waals surface area contributed by atoms with Crippen LogP contribution in [0.2, 0.25) is 5.02 Å². The Kier molecular flexibility index (Phi) is 9.76. The van der Waals surface area contributed by atoms with E-state index in [1.165, 1.54) is 11.3 Å². The SMILES string of the molecule is O=C(O)C(F)(F)F.O=c1ccn(CC(F)(F)F)c(=O)n1Cc1cc2nccc(-c3cc(Cl)cc4ccn(CC5(F)CCNCC5)c34)c2s1. The Hall–Kier alpha value is -4.22. The van der Waals surface area contributed by atoms with Crippen LogP contribution in [0, 0.1) is 0 Å². The van der Waals surface area contributed by atoms with Crippen LogP contribution in [0.15, 0.2) is 64.6 Å². The lowest BCUT2D eigenvalue weighted by molar-refractivity contribution is -0.192. The van der Waals surface area contributed by atoms with Crippen LogP contribution in [0.1, 0.15) is 17.7 Å². The topological polar surface area (TPSA) is 111 Å². The molecule has 0 saturated carbocycles. The molecule has 9 nitrogen and oxygen atoms in total. The Morgan fingerprint density at radius 2 is 1.67 bits per heavy atom. The first-order valence-corrected chi connectivity index (χ1v) is 15.4. The second-order valence-corrected chi connectivity index (χ2v) is 12.7. The van der Waals surface area contributed by atoms with Crippen molar-refractivity contribution >= 4 is 50.0 Å². The average Bonchev–Trinajstić information content (AvgIpc) is 3.59. The van der Waals surface area contributed by atoms with Crippen molar-refractivity contribution in [1.82, 2.24) is 24.0 Å². The minimum atomic E-state index is -5.08. The van der Waals surface area contributed by atoms with Crippen molar-refractivity contribution in [2.75, 3.05) is 13.1 Å². The fourth-order valence-electron chi connectivity index (χ4n) is 5.44. The number of carboxylic acid groups (broad SMARTS) is 1. The van der Waals surface area contributed by atoms with E-state index in [4.69, 9.17) is 21.5 Å². The zero-order chi connectivity index (χ0) is 35.0. The molecule has 0 amide bonds. The number of pyridine rings is 1. The van der Waals surface area contributed by atoms with Gasteiger partial charge in [0.1, 0.15) is 12.2 Å². The highest BCUT2D eigenvalue weighted by molar-refractivity contribution is 7.19. The molecule has 0 spiro atoms. The summed E-state index contributed by atoms with van der Waals surface area (Å²) in [6, 6.07) is 10.0. The van der Waals surface area contributed by atoms with Crippen molar-refractivity contribution in [3.63, 3.8) is 0 Å². The van der Waals surface area contributed by atoms with Crippen LogP contribution in [0.3, 0.4) is 0 Å². The quantitative estimate of drug-likeness (QED) is 0.202. The van der Waals surface area contributed by atoms with Crippen LogP contribution in [0.4, 0.5) is 30.7 Å². The molecule has 1 aliphatic rings. The fourth-order valence-corrected chi connectivity index (χ4v) is 6.79. The fraction of sp³-hybridized carbons (Fsp3) is 0.333. The van der Waals surface area contributed by atoms with Gasteiger partial charge < -0.3 is 15.0 Å². The Bertz CT molecular complexity index is 2100. The number of fused-ring (bicyclic) bond motifs is 2. The van der Waals surface area contributed by atoms with Gasteiger partial charge in [-0.3, -0.25) is 18.9 Å². The predicted molar refractivity (Wildman–Crippen MR) is 165 cm³/mol. The average molecular weight is 720 g/mol. The summed E-state index contributed by atoms with van der Waals surface area (Å²) in [6.07, 6.45) is -4.54. The third-order valence-corrected chi connectivity index (χ3v) is 8.94. The Balaban J connectivity index is 0.000000582. The molecule has 256 valence electrons. The third kappa shape index (κ3) is 7.90. The van der Waals surface area contributed by atoms with Crippen molar-refractivity contribution in [3.8, 4) is 11.1 Å². The number of hydrogen-bond acceptors (Lipinski definition) is 6. The summed E-state index contributed by atoms with van der Waals surface area (Å²) in [4.78, 5) is 39.1. The van der Waals surface area contributed by atoms with Crippen molar-refractivity contribution in [3.05, 3.63) is 85.7 Å². The van der Waals surface area contributed by atoms with E-state index in [-0.39, 0.29) is 13.1 Å². The highest BCUT2D eigenvalue weighted by Crippen LogP contribution is 2.40. The van der Waals surface area contributed by atoms with Gasteiger partial charge in [-0.1, -0.05) is 11.6 Å². The minimum Gasteiger partial charge on any atom is -0.475 e. The van der Waals surface area contributed by atoms with Crippen molar-refractivity contribution in [2.24, 2.45) is 0 Å². The van der Waals surface area contributed by atoms with Gasteiger partial charge in [0.15, 0.2) is 0 Å². The molecule has 2 N–H and O–H groups in total. The number of carbonyl (C=O) groups is 1. The summed E-state index contributed by atoms with van der Waals surface area (Å²) in [5.74, 6) is -2.76. The monoisotopic (exact) mass is 719 g/mol. The lowest BCUT2D eigenvalue weighted by Crippen LogP contribution is -2.41. The van der Waals surface area contributed by atoms with Crippen LogP contribution in [0.25, 0.3) is 32.2 Å². The van der Waals surface area contributed by atoms with Gasteiger partial charge in [-0.15, -0.1) is 11.3 Å². The number of aromatic nitrogens is 4. The van der Waals surface area contributed by atoms with Gasteiger partial charge in [-0.05, 0) is 56.3 Å². The zero-order valence-electron chi connectivity index (χ0n) is 24.5. The number of aliphatic carboxylic acids is 1. The molecule has 0 atom stereocenters. The van der Waals surface area contributed by atoms with Gasteiger partial charge in [0.2, 0.25) is 0 Å². The normalized spacial score (nSPS) is 15.0. The number of alkyl halides is 7. The largest absolute Gasteiger partial charge is 0.490 e. The molecule has 6 rings (SSSR count). The number of halogens is 8. The second-order valence-electron chi connectivity index (χ2n) is 11.1. The number of benzene rings is 1. The molecular formula is C30H25ClF7N5O4S. The molecule has 18 heteroatoms. The molecule has 0 radical (unpaired) electrons. The van der Waals surface area contributed by atoms with Crippen LogP contribution < -0.4 is 16.6 Å². The summed E-state index contributed by atoms with van der Waals surface area (Å²) in [5, 5.41) is 11.7. The van der Waals surface area contributed by atoms with Crippen molar-refractivity contribution < 1.29 is 40.6 Å². The summed E-state index contributed by atoms with van der Waals surface area (Å²) in [7, 11) is 0. The van der Waals surface area contributed by atoms with Crippen LogP contribution in [-0.2, 0) is 24.4 Å². The molecular weight excluding hydrogens is 695 g/mol. The van der Waals surface area contributed by atoms with Gasteiger partial charge in [-0.2, -0.15) is 26.3 Å². The van der Waals surface area contributed by atoms with Gasteiger partial charge in [0.25, 0.3) is 5.56 Å². The van der Waals surface area contributed by atoms with Gasteiger partial charge in [0, 0.05) is 51.1 Å². The van der Waals surface area contributed by atoms with E-state index in [0.717, 1.165) is 43.6 Å². The van der Waals surface area contributed by atoms with E-state index in [1.807, 2.05) is 35.0 Å². The van der Waals surface area contributed by atoms with Crippen molar-refractivity contribution in [2.45, 2.75) is 50.5 Å². The van der Waals surface area contributed by atoms with Gasteiger partial charge >= 0.3 is 24.0 Å². The van der Waals surface area contributed by atoms with Crippen LogP contribution >= 0.6 is 22.9 Å². The molecule has 5 heterocycles. The molecule has 1 fully saturated rings. The summed E-state index contributed by atoms with van der Waals surface area (Å²) in [6.45, 7) is -0.286. The molecule has 4 aromatic heterocycles. The van der Waals surface area contributed by atoms with Gasteiger partial charge in [-0.25, -0.2) is 14.0 Å². The Morgan fingerprint density at radius 3 is 2.31 bits per heavy atom.